The number of carbonyl (C=O) groups is 1. The minimum atomic E-state index is -0.214. The van der Waals surface area contributed by atoms with Crippen molar-refractivity contribution in [3.63, 3.8) is 0 Å². The van der Waals surface area contributed by atoms with Crippen LogP contribution in [0.5, 0.6) is 0 Å². The molecule has 0 saturated heterocycles. The zero-order chi connectivity index (χ0) is 17.2. The van der Waals surface area contributed by atoms with Gasteiger partial charge in [0.05, 0.1) is 0 Å². The Morgan fingerprint density at radius 1 is 1.16 bits per heavy atom. The van der Waals surface area contributed by atoms with Crippen LogP contribution in [0.2, 0.25) is 0 Å². The van der Waals surface area contributed by atoms with Gasteiger partial charge in [-0.05, 0) is 48.6 Å². The molecule has 126 valence electrons. The van der Waals surface area contributed by atoms with Crippen LogP contribution in [0.3, 0.4) is 0 Å². The Balaban J connectivity index is 1.38. The molecule has 0 bridgehead atoms. The minimum absolute atomic E-state index is 0.107. The van der Waals surface area contributed by atoms with Crippen LogP contribution in [0.15, 0.2) is 54.9 Å². The van der Waals surface area contributed by atoms with E-state index in [-0.39, 0.29) is 17.8 Å². The zero-order valence-corrected chi connectivity index (χ0v) is 13.4. The van der Waals surface area contributed by atoms with Gasteiger partial charge in [0.15, 0.2) is 5.82 Å². The first-order valence-electron chi connectivity index (χ1n) is 8.21. The third kappa shape index (κ3) is 3.28. The van der Waals surface area contributed by atoms with Gasteiger partial charge in [0.25, 0.3) is 5.91 Å². The molecule has 0 unspecified atom stereocenters. The molecule has 0 radical (unpaired) electrons. The fourth-order valence-corrected chi connectivity index (χ4v) is 3.19. The molecule has 25 heavy (non-hydrogen) atoms. The van der Waals surface area contributed by atoms with Gasteiger partial charge in [0, 0.05) is 17.2 Å². The summed E-state index contributed by atoms with van der Waals surface area (Å²) in [6.07, 6.45) is 3.09. The van der Waals surface area contributed by atoms with Crippen molar-refractivity contribution >= 4 is 5.91 Å². The first-order valence-corrected chi connectivity index (χ1v) is 8.21. The number of amides is 1. The molecule has 0 aliphatic heterocycles. The molecule has 3 aromatic rings. The minimum Gasteiger partial charge on any atom is -0.349 e. The third-order valence-corrected chi connectivity index (χ3v) is 4.61. The van der Waals surface area contributed by atoms with Gasteiger partial charge in [-0.3, -0.25) is 9.89 Å². The van der Waals surface area contributed by atoms with E-state index in [1.807, 2.05) is 18.2 Å². The lowest BCUT2D eigenvalue weighted by atomic mass is 9.76. The molecule has 6 heteroatoms. The number of aromatic nitrogens is 3. The van der Waals surface area contributed by atoms with Crippen LogP contribution in [0.4, 0.5) is 4.39 Å². The predicted molar refractivity (Wildman–Crippen MR) is 91.4 cm³/mol. The standard InChI is InChI=1S/C19H17FN4O/c20-16-6-2-3-12(8-16)15-9-17(10-15)23-19(25)14-5-1-4-13(7-14)18-21-11-22-24-18/h1-8,11,15,17H,9-10H2,(H,23,25)(H,21,22,24). The van der Waals surface area contributed by atoms with E-state index in [0.29, 0.717) is 17.3 Å². The lowest BCUT2D eigenvalue weighted by Gasteiger charge is -2.36. The molecule has 2 aromatic carbocycles. The molecule has 1 amide bonds. The molecule has 1 aliphatic rings. The van der Waals surface area contributed by atoms with E-state index in [1.54, 1.807) is 24.3 Å². The number of nitrogens with one attached hydrogen (secondary N) is 2. The van der Waals surface area contributed by atoms with E-state index in [2.05, 4.69) is 20.5 Å². The lowest BCUT2D eigenvalue weighted by Crippen LogP contribution is -2.43. The van der Waals surface area contributed by atoms with Gasteiger partial charge in [-0.1, -0.05) is 24.3 Å². The van der Waals surface area contributed by atoms with Gasteiger partial charge in [-0.25, -0.2) is 9.37 Å². The predicted octanol–water partition coefficient (Wildman–Crippen LogP) is 3.29. The van der Waals surface area contributed by atoms with Crippen LogP contribution in [0, 0.1) is 5.82 Å². The van der Waals surface area contributed by atoms with E-state index in [4.69, 9.17) is 0 Å². The lowest BCUT2D eigenvalue weighted by molar-refractivity contribution is 0.0909. The average molecular weight is 336 g/mol. The SMILES string of the molecule is O=C(NC1CC(c2cccc(F)c2)C1)c1cccc(-c2ncn[nH]2)c1. The summed E-state index contributed by atoms with van der Waals surface area (Å²) >= 11 is 0. The van der Waals surface area contributed by atoms with Crippen LogP contribution in [-0.2, 0) is 0 Å². The summed E-state index contributed by atoms with van der Waals surface area (Å²) in [4.78, 5) is 16.5. The summed E-state index contributed by atoms with van der Waals surface area (Å²) in [5.41, 5.74) is 2.40. The number of hydrogen-bond donors (Lipinski definition) is 2. The molecule has 0 spiro atoms. The second-order valence-electron chi connectivity index (χ2n) is 6.31. The van der Waals surface area contributed by atoms with Crippen molar-refractivity contribution in [1.82, 2.24) is 20.5 Å². The molecule has 1 saturated carbocycles. The molecule has 5 nitrogen and oxygen atoms in total. The maximum Gasteiger partial charge on any atom is 0.251 e. The van der Waals surface area contributed by atoms with Crippen molar-refractivity contribution in [3.8, 4) is 11.4 Å². The van der Waals surface area contributed by atoms with Gasteiger partial charge in [0.2, 0.25) is 0 Å². The van der Waals surface area contributed by atoms with Gasteiger partial charge in [0.1, 0.15) is 12.1 Å². The third-order valence-electron chi connectivity index (χ3n) is 4.61. The molecule has 1 aromatic heterocycles. The summed E-state index contributed by atoms with van der Waals surface area (Å²) in [5.74, 6) is 0.615. The maximum atomic E-state index is 13.3. The van der Waals surface area contributed by atoms with Crippen molar-refractivity contribution in [1.29, 1.82) is 0 Å². The monoisotopic (exact) mass is 336 g/mol. The second-order valence-corrected chi connectivity index (χ2v) is 6.31. The van der Waals surface area contributed by atoms with E-state index in [0.717, 1.165) is 24.0 Å². The summed E-state index contributed by atoms with van der Waals surface area (Å²) in [6, 6.07) is 14.1. The molecule has 1 aliphatic carbocycles. The summed E-state index contributed by atoms with van der Waals surface area (Å²) in [7, 11) is 0. The molecule has 0 atom stereocenters. The zero-order valence-electron chi connectivity index (χ0n) is 13.4. The Morgan fingerprint density at radius 3 is 2.76 bits per heavy atom. The summed E-state index contributed by atoms with van der Waals surface area (Å²) in [5, 5.41) is 9.65. The number of rotatable bonds is 4. The first kappa shape index (κ1) is 15.5. The Bertz CT molecular complexity index is 888. The quantitative estimate of drug-likeness (QED) is 0.768. The molecule has 1 fully saturated rings. The maximum absolute atomic E-state index is 13.3. The molecule has 4 rings (SSSR count). The Hall–Kier alpha value is -3.02. The second kappa shape index (κ2) is 6.47. The molecular weight excluding hydrogens is 319 g/mol. The van der Waals surface area contributed by atoms with Crippen LogP contribution < -0.4 is 5.32 Å². The highest BCUT2D eigenvalue weighted by Crippen LogP contribution is 2.37. The van der Waals surface area contributed by atoms with E-state index >= 15 is 0 Å². The highest BCUT2D eigenvalue weighted by molar-refractivity contribution is 5.95. The fourth-order valence-electron chi connectivity index (χ4n) is 3.19. The van der Waals surface area contributed by atoms with Crippen molar-refractivity contribution < 1.29 is 9.18 Å². The number of H-pyrrole nitrogens is 1. The number of nitrogens with zero attached hydrogens (tertiary/aromatic N) is 2. The first-order chi connectivity index (χ1) is 12.2. The number of hydrogen-bond acceptors (Lipinski definition) is 3. The number of aromatic amines is 1. The van der Waals surface area contributed by atoms with Crippen molar-refractivity contribution in [2.24, 2.45) is 0 Å². The average Bonchev–Trinajstić information content (AvgIpc) is 3.12. The van der Waals surface area contributed by atoms with Crippen molar-refractivity contribution in [2.75, 3.05) is 0 Å². The summed E-state index contributed by atoms with van der Waals surface area (Å²) in [6.45, 7) is 0. The smallest absolute Gasteiger partial charge is 0.251 e. The number of benzene rings is 2. The van der Waals surface area contributed by atoms with Crippen molar-refractivity contribution in [2.45, 2.75) is 24.8 Å². The molecule has 2 N–H and O–H groups in total. The van der Waals surface area contributed by atoms with Crippen LogP contribution in [-0.4, -0.2) is 27.1 Å². The van der Waals surface area contributed by atoms with Gasteiger partial charge < -0.3 is 5.32 Å². The highest BCUT2D eigenvalue weighted by atomic mass is 19.1. The van der Waals surface area contributed by atoms with E-state index in [1.165, 1.54) is 12.4 Å². The van der Waals surface area contributed by atoms with Crippen LogP contribution in [0.1, 0.15) is 34.7 Å². The summed E-state index contributed by atoms with van der Waals surface area (Å²) < 4.78 is 13.3. The number of halogens is 1. The van der Waals surface area contributed by atoms with Gasteiger partial charge in [-0.2, -0.15) is 5.10 Å². The molecular formula is C19H17FN4O. The Kier molecular flexibility index (Phi) is 4.01. The Morgan fingerprint density at radius 2 is 2.00 bits per heavy atom. The Labute approximate surface area is 144 Å². The van der Waals surface area contributed by atoms with Gasteiger partial charge in [-0.15, -0.1) is 0 Å². The molecule has 1 heterocycles. The van der Waals surface area contributed by atoms with E-state index in [9.17, 15) is 9.18 Å². The normalized spacial score (nSPS) is 19.2. The van der Waals surface area contributed by atoms with E-state index < -0.39 is 0 Å². The highest BCUT2D eigenvalue weighted by Gasteiger charge is 2.31. The van der Waals surface area contributed by atoms with Crippen molar-refractivity contribution in [3.05, 3.63) is 71.8 Å². The largest absolute Gasteiger partial charge is 0.349 e. The topological polar surface area (TPSA) is 70.7 Å². The van der Waals surface area contributed by atoms with Gasteiger partial charge >= 0.3 is 0 Å². The van der Waals surface area contributed by atoms with Crippen LogP contribution in [0.25, 0.3) is 11.4 Å². The van der Waals surface area contributed by atoms with Crippen LogP contribution >= 0.6 is 0 Å². The fraction of sp³-hybridized carbons (Fsp3) is 0.211. The number of carbonyl (C=O) groups excluding carboxylic acids is 1.